The Balaban J connectivity index is 4.15. The van der Waals surface area contributed by atoms with Crippen LogP contribution in [0.15, 0.2) is 24.3 Å². The fourth-order valence-electron chi connectivity index (χ4n) is 6.93. The molecule has 0 rings (SSSR count). The zero-order valence-corrected chi connectivity index (χ0v) is 39.0. The van der Waals surface area contributed by atoms with E-state index < -0.39 is 45.1 Å². The lowest BCUT2D eigenvalue weighted by molar-refractivity contribution is -0.154. The van der Waals surface area contributed by atoms with Crippen molar-refractivity contribution in [2.45, 2.75) is 244 Å². The van der Waals surface area contributed by atoms with Crippen LogP contribution in [-0.2, 0) is 32.7 Å². The van der Waals surface area contributed by atoms with E-state index in [1.165, 1.54) is 154 Å². The molecule has 0 aliphatic heterocycles. The molecule has 0 aromatic rings. The summed E-state index contributed by atoms with van der Waals surface area (Å²) in [6, 6.07) is -1.47. The zero-order chi connectivity index (χ0) is 43.3. The second-order valence-electron chi connectivity index (χ2n) is 16.6. The van der Waals surface area contributed by atoms with Gasteiger partial charge in [0.2, 0.25) is 0 Å². The third-order valence-corrected chi connectivity index (χ3v) is 11.7. The number of ether oxygens (including phenoxy) is 2. The Bertz CT molecular complexity index is 1040. The van der Waals surface area contributed by atoms with Crippen molar-refractivity contribution in [1.82, 2.24) is 0 Å². The predicted octanol–water partition coefficient (Wildman–Crippen LogP) is 13.9. The van der Waals surface area contributed by atoms with E-state index in [2.05, 4.69) is 38.2 Å². The molecule has 0 bridgehead atoms. The summed E-state index contributed by atoms with van der Waals surface area (Å²) in [6.45, 7) is 3.91. The summed E-state index contributed by atoms with van der Waals surface area (Å²) in [6.07, 6.45) is 49.4. The van der Waals surface area contributed by atoms with Crippen molar-refractivity contribution in [3.8, 4) is 0 Å². The summed E-state index contributed by atoms with van der Waals surface area (Å²) in [4.78, 5) is 33.6. The number of nitrogens with two attached hydrogens (primary N) is 1. The smallest absolute Gasteiger partial charge is 0.472 e. The predicted molar refractivity (Wildman–Crippen MR) is 245 cm³/mol. The zero-order valence-electron chi connectivity index (χ0n) is 38.1. The number of phosphoric acid groups is 1. The van der Waals surface area contributed by atoms with Crippen molar-refractivity contribution in [2.75, 3.05) is 26.4 Å². The summed E-state index contributed by atoms with van der Waals surface area (Å²) in [5, 5.41) is 8.91. The van der Waals surface area contributed by atoms with Crippen LogP contribution in [0.1, 0.15) is 232 Å². The van der Waals surface area contributed by atoms with Gasteiger partial charge in [0.25, 0.3) is 0 Å². The van der Waals surface area contributed by atoms with Gasteiger partial charge in [0, 0.05) is 13.0 Å². The van der Waals surface area contributed by atoms with E-state index in [4.69, 9.17) is 29.4 Å². The Morgan fingerprint density at radius 3 is 1.37 bits per heavy atom. The Hall–Kier alpha value is -1.55. The molecule has 3 atom stereocenters. The van der Waals surface area contributed by atoms with Gasteiger partial charge in [0.1, 0.15) is 12.1 Å². The number of phosphoric ester groups is 1. The molecule has 0 spiro atoms. The molecule has 10 nitrogen and oxygen atoms in total. The molecule has 0 fully saturated rings. The van der Waals surface area contributed by atoms with Crippen LogP contribution in [0.3, 0.4) is 0 Å². The Labute approximate surface area is 362 Å². The second kappa shape index (κ2) is 44.5. The second-order valence-corrected chi connectivity index (χ2v) is 18.1. The van der Waals surface area contributed by atoms with Gasteiger partial charge in [-0.2, -0.15) is 0 Å². The summed E-state index contributed by atoms with van der Waals surface area (Å²) in [5.41, 5.74) is 5.37. The highest BCUT2D eigenvalue weighted by molar-refractivity contribution is 7.47. The Kier molecular flexibility index (Phi) is 43.3. The molecule has 0 aliphatic rings. The molecule has 11 heteroatoms. The average molecular weight is 858 g/mol. The third-order valence-electron chi connectivity index (χ3n) is 10.7. The molecule has 0 aliphatic carbocycles. The molecular formula is C48H92NO9P. The number of unbranched alkanes of at least 4 members (excludes halogenated alkanes) is 29. The number of allylic oxidation sites excluding steroid dienone is 4. The number of carboxylic acid groups (broad SMARTS) is 1. The number of rotatable bonds is 47. The highest BCUT2D eigenvalue weighted by atomic mass is 31.2. The number of carbonyl (C=O) groups excluding carboxylic acids is 1. The van der Waals surface area contributed by atoms with E-state index in [9.17, 15) is 19.0 Å². The lowest BCUT2D eigenvalue weighted by atomic mass is 10.0. The number of aliphatic carboxylic acids is 1. The van der Waals surface area contributed by atoms with Crippen LogP contribution in [0.4, 0.5) is 0 Å². The van der Waals surface area contributed by atoms with Crippen LogP contribution in [0.2, 0.25) is 0 Å². The van der Waals surface area contributed by atoms with Crippen molar-refractivity contribution in [2.24, 2.45) is 5.73 Å². The highest BCUT2D eigenvalue weighted by Crippen LogP contribution is 2.43. The summed E-state index contributed by atoms with van der Waals surface area (Å²) < 4.78 is 33.5. The molecule has 0 aromatic heterocycles. The van der Waals surface area contributed by atoms with Crippen LogP contribution >= 0.6 is 7.82 Å². The molecular weight excluding hydrogens is 766 g/mol. The van der Waals surface area contributed by atoms with Crippen LogP contribution in [0.5, 0.6) is 0 Å². The van der Waals surface area contributed by atoms with Gasteiger partial charge in [-0.3, -0.25) is 18.6 Å². The van der Waals surface area contributed by atoms with Gasteiger partial charge in [-0.15, -0.1) is 0 Å². The van der Waals surface area contributed by atoms with Crippen LogP contribution in [0, 0.1) is 0 Å². The van der Waals surface area contributed by atoms with Crippen molar-refractivity contribution in [3.63, 3.8) is 0 Å². The van der Waals surface area contributed by atoms with Gasteiger partial charge in [0.15, 0.2) is 0 Å². The number of carbonyl (C=O) groups is 2. The molecule has 4 N–H and O–H groups in total. The molecule has 0 radical (unpaired) electrons. The molecule has 348 valence electrons. The molecule has 0 amide bonds. The minimum atomic E-state index is -4.62. The third kappa shape index (κ3) is 44.3. The Morgan fingerprint density at radius 1 is 0.542 bits per heavy atom. The average Bonchev–Trinajstić information content (AvgIpc) is 3.21. The van der Waals surface area contributed by atoms with Crippen molar-refractivity contribution in [3.05, 3.63) is 24.3 Å². The van der Waals surface area contributed by atoms with E-state index >= 15 is 0 Å². The molecule has 0 saturated heterocycles. The van der Waals surface area contributed by atoms with Gasteiger partial charge >= 0.3 is 19.8 Å². The first kappa shape index (κ1) is 57.4. The quantitative estimate of drug-likeness (QED) is 0.0233. The lowest BCUT2D eigenvalue weighted by Crippen LogP contribution is -2.34. The van der Waals surface area contributed by atoms with E-state index in [-0.39, 0.29) is 13.0 Å². The maximum Gasteiger partial charge on any atom is 0.472 e. The standard InChI is InChI=1S/C48H92NO9P/c1-3-5-7-9-11-13-15-17-19-21-22-23-24-25-26-28-30-32-34-36-38-40-47(50)58-45(43-56-59(53,54)57-44-46(49)48(51)52)42-55-41-39-37-35-33-31-29-27-20-18-16-14-12-10-8-6-4-2/h15,17,21-22,45-46H,3-14,16,18-20,23-44,49H2,1-2H3,(H,51,52)(H,53,54)/b17-15-,22-21-. The van der Waals surface area contributed by atoms with E-state index in [1.54, 1.807) is 0 Å². The first-order valence-corrected chi connectivity index (χ1v) is 25.9. The highest BCUT2D eigenvalue weighted by Gasteiger charge is 2.27. The SMILES string of the molecule is CCCCCCC/C=C\C/C=C\CCCCCCCCCCCC(=O)OC(COCCCCCCCCCCCCCCCCCC)COP(=O)(O)OCC(N)C(=O)O. The summed E-state index contributed by atoms with van der Waals surface area (Å²) in [7, 11) is -4.62. The maximum atomic E-state index is 12.7. The van der Waals surface area contributed by atoms with Crippen molar-refractivity contribution < 1.29 is 42.7 Å². The number of hydrogen-bond acceptors (Lipinski definition) is 8. The van der Waals surface area contributed by atoms with Crippen LogP contribution in [0.25, 0.3) is 0 Å². The van der Waals surface area contributed by atoms with Crippen molar-refractivity contribution in [1.29, 1.82) is 0 Å². The lowest BCUT2D eigenvalue weighted by Gasteiger charge is -2.20. The maximum absolute atomic E-state index is 12.7. The largest absolute Gasteiger partial charge is 0.480 e. The Morgan fingerprint density at radius 2 is 0.932 bits per heavy atom. The monoisotopic (exact) mass is 858 g/mol. The molecule has 59 heavy (non-hydrogen) atoms. The minimum absolute atomic E-state index is 0.0199. The topological polar surface area (TPSA) is 155 Å². The van der Waals surface area contributed by atoms with Gasteiger partial charge in [-0.1, -0.05) is 205 Å². The van der Waals surface area contributed by atoms with Gasteiger partial charge in [-0.05, 0) is 44.9 Å². The van der Waals surface area contributed by atoms with Gasteiger partial charge in [-0.25, -0.2) is 4.57 Å². The first-order chi connectivity index (χ1) is 28.7. The molecule has 0 heterocycles. The number of hydrogen-bond donors (Lipinski definition) is 3. The number of carboxylic acids is 1. The normalized spacial score (nSPS) is 14.0. The molecule has 3 unspecified atom stereocenters. The van der Waals surface area contributed by atoms with Crippen LogP contribution < -0.4 is 5.73 Å². The van der Waals surface area contributed by atoms with Gasteiger partial charge in [0.05, 0.1) is 19.8 Å². The van der Waals surface area contributed by atoms with Crippen LogP contribution in [-0.4, -0.2) is 60.5 Å². The fraction of sp³-hybridized carbons (Fsp3) is 0.875. The van der Waals surface area contributed by atoms with E-state index in [1.807, 2.05) is 0 Å². The first-order valence-electron chi connectivity index (χ1n) is 24.4. The van der Waals surface area contributed by atoms with E-state index in [0.717, 1.165) is 51.4 Å². The summed E-state index contributed by atoms with van der Waals surface area (Å²) in [5.74, 6) is -1.77. The van der Waals surface area contributed by atoms with Gasteiger partial charge < -0.3 is 25.2 Å². The van der Waals surface area contributed by atoms with E-state index in [0.29, 0.717) is 13.0 Å². The number of esters is 1. The minimum Gasteiger partial charge on any atom is -0.480 e. The van der Waals surface area contributed by atoms with Crippen molar-refractivity contribution >= 4 is 19.8 Å². The molecule has 0 saturated carbocycles. The fourth-order valence-corrected chi connectivity index (χ4v) is 7.71. The summed E-state index contributed by atoms with van der Waals surface area (Å²) >= 11 is 0. The molecule has 0 aromatic carbocycles.